The van der Waals surface area contributed by atoms with Gasteiger partial charge < -0.3 is 9.57 Å². The van der Waals surface area contributed by atoms with Crippen molar-refractivity contribution in [1.82, 2.24) is 0 Å². The van der Waals surface area contributed by atoms with Gasteiger partial charge in [-0.05, 0) is 19.3 Å². The minimum absolute atomic E-state index is 0.233. The molecule has 0 atom stereocenters. The van der Waals surface area contributed by atoms with Gasteiger partial charge in [-0.25, -0.2) is 22.0 Å². The molecule has 0 spiro atoms. The minimum Gasteiger partial charge on any atom is -0.469 e. The Bertz CT molecular complexity index is 608. The molecule has 1 rings (SSSR count). The molecular formula is C17H20F5NO3. The second-order valence-corrected chi connectivity index (χ2v) is 5.49. The van der Waals surface area contributed by atoms with Crippen molar-refractivity contribution in [1.29, 1.82) is 0 Å². The van der Waals surface area contributed by atoms with E-state index < -0.39 is 41.3 Å². The van der Waals surface area contributed by atoms with Crippen molar-refractivity contribution >= 4 is 12.2 Å². The fourth-order valence-electron chi connectivity index (χ4n) is 2.12. The number of rotatable bonds is 11. The Balaban J connectivity index is 2.24. The van der Waals surface area contributed by atoms with Crippen LogP contribution in [0.15, 0.2) is 5.16 Å². The number of ether oxygens (including phenoxy) is 1. The van der Waals surface area contributed by atoms with E-state index in [2.05, 4.69) is 14.7 Å². The monoisotopic (exact) mass is 381 g/mol. The Morgan fingerprint density at radius 2 is 1.42 bits per heavy atom. The summed E-state index contributed by atoms with van der Waals surface area (Å²) in [5.41, 5.74) is -1.07. The van der Waals surface area contributed by atoms with Gasteiger partial charge >= 0.3 is 5.97 Å². The molecule has 9 heteroatoms. The molecule has 0 aliphatic carbocycles. The Hall–Kier alpha value is -2.19. The van der Waals surface area contributed by atoms with Gasteiger partial charge in [0.1, 0.15) is 6.61 Å². The lowest BCUT2D eigenvalue weighted by Gasteiger charge is -2.06. The number of nitrogens with zero attached hydrogens (tertiary/aromatic N) is 1. The zero-order chi connectivity index (χ0) is 19.5. The van der Waals surface area contributed by atoms with Crippen LogP contribution >= 0.6 is 0 Å². The second kappa shape index (κ2) is 11.4. The van der Waals surface area contributed by atoms with E-state index in [1.807, 2.05) is 0 Å². The molecule has 0 fully saturated rings. The zero-order valence-electron chi connectivity index (χ0n) is 14.3. The van der Waals surface area contributed by atoms with Crippen LogP contribution in [0.25, 0.3) is 0 Å². The van der Waals surface area contributed by atoms with Crippen molar-refractivity contribution in [3.05, 3.63) is 34.6 Å². The van der Waals surface area contributed by atoms with Crippen molar-refractivity contribution < 1.29 is 36.3 Å². The van der Waals surface area contributed by atoms with E-state index in [-0.39, 0.29) is 5.97 Å². The van der Waals surface area contributed by atoms with Gasteiger partial charge in [0, 0.05) is 12.6 Å². The third kappa shape index (κ3) is 6.61. The van der Waals surface area contributed by atoms with Gasteiger partial charge in [0.2, 0.25) is 5.82 Å². The molecule has 0 heterocycles. The van der Waals surface area contributed by atoms with Crippen LogP contribution in [-0.4, -0.2) is 19.3 Å². The van der Waals surface area contributed by atoms with Crippen LogP contribution in [0.4, 0.5) is 22.0 Å². The van der Waals surface area contributed by atoms with Gasteiger partial charge in [-0.15, -0.1) is 0 Å². The topological polar surface area (TPSA) is 47.9 Å². The first-order valence-corrected chi connectivity index (χ1v) is 8.11. The predicted molar refractivity (Wildman–Crippen MR) is 83.8 cm³/mol. The molecule has 4 nitrogen and oxygen atoms in total. The average Bonchev–Trinajstić information content (AvgIpc) is 2.64. The summed E-state index contributed by atoms with van der Waals surface area (Å²) in [4.78, 5) is 15.5. The van der Waals surface area contributed by atoms with Gasteiger partial charge in [0.05, 0.1) is 12.7 Å². The number of benzene rings is 1. The molecule has 0 aliphatic heterocycles. The van der Waals surface area contributed by atoms with Gasteiger partial charge in [0.25, 0.3) is 0 Å². The lowest BCUT2D eigenvalue weighted by atomic mass is 10.1. The minimum atomic E-state index is -2.21. The molecule has 0 radical (unpaired) electrons. The maximum Gasteiger partial charge on any atom is 0.305 e. The van der Waals surface area contributed by atoms with Crippen LogP contribution < -0.4 is 0 Å². The Labute approximate surface area is 148 Å². The van der Waals surface area contributed by atoms with E-state index in [0.717, 1.165) is 32.1 Å². The van der Waals surface area contributed by atoms with Gasteiger partial charge in [-0.2, -0.15) is 0 Å². The van der Waals surface area contributed by atoms with E-state index in [0.29, 0.717) is 12.8 Å². The average molecular weight is 381 g/mol. The van der Waals surface area contributed by atoms with E-state index in [1.54, 1.807) is 0 Å². The van der Waals surface area contributed by atoms with E-state index >= 15 is 0 Å². The number of unbranched alkanes of at least 4 members (excludes halogenated alkanes) is 5. The summed E-state index contributed by atoms with van der Waals surface area (Å²) in [5, 5.41) is 3.44. The molecule has 0 unspecified atom stereocenters. The van der Waals surface area contributed by atoms with Gasteiger partial charge in [-0.3, -0.25) is 4.79 Å². The highest BCUT2D eigenvalue weighted by molar-refractivity contribution is 5.68. The van der Waals surface area contributed by atoms with Gasteiger partial charge in [0.15, 0.2) is 23.3 Å². The van der Waals surface area contributed by atoms with Crippen molar-refractivity contribution in [2.75, 3.05) is 7.11 Å². The number of esters is 1. The number of carbonyl (C=O) groups is 1. The van der Waals surface area contributed by atoms with E-state index in [4.69, 9.17) is 0 Å². The van der Waals surface area contributed by atoms with Crippen LogP contribution in [0.2, 0.25) is 0 Å². The summed E-state index contributed by atoms with van der Waals surface area (Å²) in [6.45, 7) is -0.865. The normalized spacial score (nSPS) is 11.2. The highest BCUT2D eigenvalue weighted by Crippen LogP contribution is 2.23. The van der Waals surface area contributed by atoms with E-state index in [9.17, 15) is 26.7 Å². The fourth-order valence-corrected chi connectivity index (χ4v) is 2.12. The summed E-state index contributed by atoms with van der Waals surface area (Å²) in [6, 6.07) is 0. The molecule has 0 saturated heterocycles. The number of hydrogen-bond acceptors (Lipinski definition) is 4. The molecule has 0 bridgehead atoms. The summed E-state index contributed by atoms with van der Waals surface area (Å²) in [7, 11) is 1.34. The van der Waals surface area contributed by atoms with Crippen molar-refractivity contribution in [3.8, 4) is 0 Å². The van der Waals surface area contributed by atoms with Crippen LogP contribution in [0.1, 0.15) is 50.5 Å². The van der Waals surface area contributed by atoms with Gasteiger partial charge in [-0.1, -0.05) is 24.4 Å². The number of oxime groups is 1. The fraction of sp³-hybridized carbons (Fsp3) is 0.529. The zero-order valence-corrected chi connectivity index (χ0v) is 14.3. The maximum atomic E-state index is 13.4. The number of halogens is 5. The number of hydrogen-bond donors (Lipinski definition) is 0. The number of methoxy groups -OCH3 is 1. The molecule has 1 aromatic carbocycles. The summed E-state index contributed by atoms with van der Waals surface area (Å²) in [5.74, 6) is -10.3. The van der Waals surface area contributed by atoms with Crippen molar-refractivity contribution in [2.45, 2.75) is 51.6 Å². The number of carbonyl (C=O) groups excluding carboxylic acids is 1. The summed E-state index contributed by atoms with van der Waals surface area (Å²) in [6.07, 6.45) is 6.54. The van der Waals surface area contributed by atoms with E-state index in [1.165, 1.54) is 13.3 Å². The molecule has 0 aliphatic rings. The lowest BCUT2D eigenvalue weighted by Crippen LogP contribution is -2.07. The quantitative estimate of drug-likeness (QED) is 0.105. The largest absolute Gasteiger partial charge is 0.469 e. The molecule has 26 heavy (non-hydrogen) atoms. The Morgan fingerprint density at radius 1 is 0.885 bits per heavy atom. The predicted octanol–water partition coefficient (Wildman–Crippen LogP) is 4.79. The highest BCUT2D eigenvalue weighted by atomic mass is 19.2. The highest BCUT2D eigenvalue weighted by Gasteiger charge is 2.25. The first-order valence-electron chi connectivity index (χ1n) is 8.11. The Morgan fingerprint density at radius 3 is 2.04 bits per heavy atom. The second-order valence-electron chi connectivity index (χ2n) is 5.49. The summed E-state index contributed by atoms with van der Waals surface area (Å²) >= 11 is 0. The smallest absolute Gasteiger partial charge is 0.305 e. The van der Waals surface area contributed by atoms with Crippen LogP contribution in [0, 0.1) is 29.1 Å². The third-order valence-corrected chi connectivity index (χ3v) is 3.60. The molecular weight excluding hydrogens is 361 g/mol. The summed E-state index contributed by atoms with van der Waals surface area (Å²) < 4.78 is 70.1. The molecule has 1 aromatic rings. The lowest BCUT2D eigenvalue weighted by molar-refractivity contribution is -0.140. The van der Waals surface area contributed by atoms with Crippen LogP contribution in [-0.2, 0) is 21.0 Å². The van der Waals surface area contributed by atoms with Crippen molar-refractivity contribution in [2.24, 2.45) is 5.16 Å². The standard InChI is InChI=1S/C17H20F5NO3/c1-25-12(24)8-6-4-2-3-5-7-9-23-26-10-11-13(18)15(20)17(22)16(21)14(11)19/h9H,2-8,10H2,1H3. The maximum absolute atomic E-state index is 13.4. The molecule has 146 valence electrons. The molecule has 0 aromatic heterocycles. The molecule has 0 N–H and O–H groups in total. The molecule has 0 saturated carbocycles. The molecule has 0 amide bonds. The van der Waals surface area contributed by atoms with Crippen molar-refractivity contribution in [3.63, 3.8) is 0 Å². The third-order valence-electron chi connectivity index (χ3n) is 3.60. The van der Waals surface area contributed by atoms with Crippen LogP contribution in [0.5, 0.6) is 0 Å². The Kier molecular flexibility index (Phi) is 9.61. The first kappa shape index (κ1) is 21.9. The van der Waals surface area contributed by atoms with Crippen LogP contribution in [0.3, 0.4) is 0 Å². The first-order chi connectivity index (χ1) is 12.4. The SMILES string of the molecule is COC(=O)CCCCCCCC=NOCc1c(F)c(F)c(F)c(F)c1F.